The Hall–Kier alpha value is -1.66. The molecule has 3 rings (SSSR count). The molecule has 0 fully saturated rings. The van der Waals surface area contributed by atoms with E-state index in [9.17, 15) is 13.5 Å². The van der Waals surface area contributed by atoms with Crippen LogP contribution in [0.15, 0.2) is 59.5 Å². The Bertz CT molecular complexity index is 917. The molecule has 0 aliphatic carbocycles. The van der Waals surface area contributed by atoms with Gasteiger partial charge in [-0.3, -0.25) is 0 Å². The largest absolute Gasteiger partial charge is 0.388 e. The van der Waals surface area contributed by atoms with Crippen LogP contribution in [-0.4, -0.2) is 36.5 Å². The number of rotatable bonds is 3. The number of sulfonamides is 1. The van der Waals surface area contributed by atoms with Crippen molar-refractivity contribution in [1.29, 1.82) is 0 Å². The molecule has 1 unspecified atom stereocenters. The van der Waals surface area contributed by atoms with Gasteiger partial charge in [0, 0.05) is 18.1 Å². The lowest BCUT2D eigenvalue weighted by atomic mass is 10.0. The van der Waals surface area contributed by atoms with E-state index in [2.05, 4.69) is 0 Å². The molecule has 0 amide bonds. The van der Waals surface area contributed by atoms with E-state index in [-0.39, 0.29) is 18.0 Å². The molecule has 0 radical (unpaired) electrons. The maximum absolute atomic E-state index is 13.1. The summed E-state index contributed by atoms with van der Waals surface area (Å²) < 4.78 is 27.6. The molecule has 2 aromatic rings. The molecular weight excluding hydrogens is 370 g/mol. The summed E-state index contributed by atoms with van der Waals surface area (Å²) in [5.74, 6) is 0. The molecule has 0 aromatic heterocycles. The number of aryl methyl sites for hydroxylation is 1. The van der Waals surface area contributed by atoms with Crippen LogP contribution in [0.25, 0.3) is 5.57 Å². The molecule has 4 nitrogen and oxygen atoms in total. The zero-order valence-corrected chi connectivity index (χ0v) is 16.4. The molecule has 138 valence electrons. The van der Waals surface area contributed by atoms with E-state index in [0.29, 0.717) is 11.4 Å². The van der Waals surface area contributed by atoms with Crippen LogP contribution in [0.4, 0.5) is 0 Å². The second kappa shape index (κ2) is 7.16. The van der Waals surface area contributed by atoms with Crippen molar-refractivity contribution in [2.45, 2.75) is 30.8 Å². The van der Waals surface area contributed by atoms with Crippen molar-refractivity contribution in [2.75, 3.05) is 13.1 Å². The molecule has 1 N–H and O–H groups in total. The van der Waals surface area contributed by atoms with Crippen LogP contribution in [0.2, 0.25) is 5.02 Å². The second-order valence-corrected chi connectivity index (χ2v) is 9.40. The maximum atomic E-state index is 13.1. The van der Waals surface area contributed by atoms with Crippen molar-refractivity contribution in [2.24, 2.45) is 0 Å². The molecule has 1 heterocycles. The van der Waals surface area contributed by atoms with Gasteiger partial charge in [-0.1, -0.05) is 47.5 Å². The van der Waals surface area contributed by atoms with Gasteiger partial charge < -0.3 is 5.11 Å². The second-order valence-electron chi connectivity index (χ2n) is 7.02. The number of β-amino-alcohol motifs (C(OH)–C–C–N with tert-alkyl or cyclic N) is 1. The first-order chi connectivity index (χ1) is 12.2. The minimum atomic E-state index is -3.72. The van der Waals surface area contributed by atoms with Crippen LogP contribution in [0.3, 0.4) is 0 Å². The first-order valence-corrected chi connectivity index (χ1v) is 10.2. The van der Waals surface area contributed by atoms with Crippen molar-refractivity contribution in [3.63, 3.8) is 0 Å². The summed E-state index contributed by atoms with van der Waals surface area (Å²) in [6.45, 7) is 3.81. The molecule has 0 bridgehead atoms. The molecule has 6 heteroatoms. The third-order valence-electron chi connectivity index (χ3n) is 4.53. The first-order valence-electron chi connectivity index (χ1n) is 8.42. The monoisotopic (exact) mass is 391 g/mol. The number of hydrogen-bond donors (Lipinski definition) is 1. The van der Waals surface area contributed by atoms with Crippen LogP contribution >= 0.6 is 11.6 Å². The summed E-state index contributed by atoms with van der Waals surface area (Å²) in [4.78, 5) is 0.233. The molecule has 0 spiro atoms. The minimum absolute atomic E-state index is 0.0385. The Balaban J connectivity index is 1.99. The Morgan fingerprint density at radius 3 is 2.31 bits per heavy atom. The topological polar surface area (TPSA) is 57.6 Å². The van der Waals surface area contributed by atoms with E-state index < -0.39 is 15.6 Å². The molecular formula is C20H22ClNO3S. The molecule has 2 aromatic carbocycles. The van der Waals surface area contributed by atoms with E-state index in [1.165, 1.54) is 4.31 Å². The van der Waals surface area contributed by atoms with Gasteiger partial charge in [0.15, 0.2) is 0 Å². The van der Waals surface area contributed by atoms with Crippen LogP contribution in [-0.2, 0) is 10.0 Å². The highest BCUT2D eigenvalue weighted by Crippen LogP contribution is 2.29. The van der Waals surface area contributed by atoms with E-state index in [1.807, 2.05) is 25.1 Å². The minimum Gasteiger partial charge on any atom is -0.388 e. The lowest BCUT2D eigenvalue weighted by Crippen LogP contribution is -2.42. The van der Waals surface area contributed by atoms with Gasteiger partial charge in [-0.25, -0.2) is 8.42 Å². The predicted octanol–water partition coefficient (Wildman–Crippen LogP) is 3.88. The van der Waals surface area contributed by atoms with E-state index in [1.54, 1.807) is 43.3 Å². The molecule has 0 saturated heterocycles. The van der Waals surface area contributed by atoms with E-state index in [0.717, 1.165) is 16.7 Å². The van der Waals surface area contributed by atoms with Crippen molar-refractivity contribution < 1.29 is 13.5 Å². The highest BCUT2D eigenvalue weighted by Gasteiger charge is 2.34. The fraction of sp³-hybridized carbons (Fsp3) is 0.300. The molecule has 1 aliphatic heterocycles. The average molecular weight is 392 g/mol. The normalized spacial score (nSPS) is 21.9. The van der Waals surface area contributed by atoms with Gasteiger partial charge in [0.25, 0.3) is 0 Å². The summed E-state index contributed by atoms with van der Waals surface area (Å²) in [5.41, 5.74) is 1.62. The third kappa shape index (κ3) is 4.18. The Morgan fingerprint density at radius 1 is 1.08 bits per heavy atom. The highest BCUT2D eigenvalue weighted by molar-refractivity contribution is 7.89. The zero-order valence-electron chi connectivity index (χ0n) is 14.8. The highest BCUT2D eigenvalue weighted by atomic mass is 35.5. The summed E-state index contributed by atoms with van der Waals surface area (Å²) in [6, 6.07) is 14.1. The van der Waals surface area contributed by atoms with Crippen LogP contribution in [0, 0.1) is 6.92 Å². The SMILES string of the molecule is Cc1ccc(S(=O)(=O)N2CC(c3ccc(Cl)cc3)=CCC(C)(O)C2)cc1. The fourth-order valence-electron chi connectivity index (χ4n) is 3.00. The lowest BCUT2D eigenvalue weighted by molar-refractivity contribution is 0.0483. The number of nitrogens with zero attached hydrogens (tertiary/aromatic N) is 1. The van der Waals surface area contributed by atoms with E-state index >= 15 is 0 Å². The Kier molecular flexibility index (Phi) is 5.26. The van der Waals surface area contributed by atoms with Gasteiger partial charge in [-0.05, 0) is 55.7 Å². The van der Waals surface area contributed by atoms with Crippen molar-refractivity contribution >= 4 is 27.2 Å². The van der Waals surface area contributed by atoms with Crippen molar-refractivity contribution in [1.82, 2.24) is 4.31 Å². The first kappa shape index (κ1) is 19.1. The summed E-state index contributed by atoms with van der Waals surface area (Å²) >= 11 is 5.96. The van der Waals surface area contributed by atoms with Gasteiger partial charge in [0.1, 0.15) is 0 Å². The number of hydrogen-bond acceptors (Lipinski definition) is 3. The zero-order chi connectivity index (χ0) is 18.9. The molecule has 1 atom stereocenters. The van der Waals surface area contributed by atoms with Crippen molar-refractivity contribution in [3.05, 3.63) is 70.8 Å². The van der Waals surface area contributed by atoms with E-state index in [4.69, 9.17) is 11.6 Å². The number of benzene rings is 2. The van der Waals surface area contributed by atoms with Gasteiger partial charge >= 0.3 is 0 Å². The van der Waals surface area contributed by atoms with Gasteiger partial charge in [0.2, 0.25) is 10.0 Å². The van der Waals surface area contributed by atoms with Crippen molar-refractivity contribution in [3.8, 4) is 0 Å². The molecule has 26 heavy (non-hydrogen) atoms. The molecule has 1 aliphatic rings. The summed E-state index contributed by atoms with van der Waals surface area (Å²) in [6.07, 6.45) is 2.29. The summed E-state index contributed by atoms with van der Waals surface area (Å²) in [5, 5.41) is 11.2. The van der Waals surface area contributed by atoms with Crippen LogP contribution in [0.1, 0.15) is 24.5 Å². The summed E-state index contributed by atoms with van der Waals surface area (Å²) in [7, 11) is -3.72. The molecule has 0 saturated carbocycles. The van der Waals surface area contributed by atoms with Crippen LogP contribution < -0.4 is 0 Å². The average Bonchev–Trinajstić information content (AvgIpc) is 2.75. The lowest BCUT2D eigenvalue weighted by Gasteiger charge is -2.28. The smallest absolute Gasteiger partial charge is 0.243 e. The quantitative estimate of drug-likeness (QED) is 0.863. The maximum Gasteiger partial charge on any atom is 0.243 e. The van der Waals surface area contributed by atoms with Gasteiger partial charge in [-0.2, -0.15) is 4.31 Å². The Morgan fingerprint density at radius 2 is 1.69 bits per heavy atom. The predicted molar refractivity (Wildman–Crippen MR) is 105 cm³/mol. The van der Waals surface area contributed by atoms with Gasteiger partial charge in [0.05, 0.1) is 10.5 Å². The Labute approximate surface area is 159 Å². The number of aliphatic hydroxyl groups is 1. The van der Waals surface area contributed by atoms with Gasteiger partial charge in [-0.15, -0.1) is 0 Å². The fourth-order valence-corrected chi connectivity index (χ4v) is 4.66. The number of halogens is 1. The van der Waals surface area contributed by atoms with Crippen LogP contribution in [0.5, 0.6) is 0 Å². The standard InChI is InChI=1S/C20H22ClNO3S/c1-15-3-9-19(10-4-15)26(24,25)22-13-17(11-12-20(2,23)14-22)16-5-7-18(21)8-6-16/h3-11,23H,12-14H2,1-2H3. The third-order valence-corrected chi connectivity index (χ3v) is 6.58.